The highest BCUT2D eigenvalue weighted by Crippen LogP contribution is 2.37. The van der Waals surface area contributed by atoms with E-state index in [2.05, 4.69) is 48.7 Å². The zero-order valence-electron chi connectivity index (χ0n) is 14.4. The predicted molar refractivity (Wildman–Crippen MR) is 93.0 cm³/mol. The van der Waals surface area contributed by atoms with Gasteiger partial charge in [-0.15, -0.1) is 0 Å². The minimum Gasteiger partial charge on any atom is -0.497 e. The number of rotatable bonds is 4. The first-order valence-corrected chi connectivity index (χ1v) is 8.50. The van der Waals surface area contributed by atoms with Crippen LogP contribution in [0.3, 0.4) is 0 Å². The van der Waals surface area contributed by atoms with Crippen LogP contribution in [0, 0.1) is 6.92 Å². The fourth-order valence-electron chi connectivity index (χ4n) is 3.83. The standard InChI is InChI=1S/C19H28N2O/c1-5-8-21-13-18(15-6-9-20(3)10-7-15)17-12-16(22-4)11-14(2)19(17)21/h11-13,15H,5-10H2,1-4H3. The summed E-state index contributed by atoms with van der Waals surface area (Å²) in [6.45, 7) is 7.95. The lowest BCUT2D eigenvalue weighted by molar-refractivity contribution is 0.256. The highest BCUT2D eigenvalue weighted by Gasteiger charge is 2.23. The molecule has 3 heteroatoms. The smallest absolute Gasteiger partial charge is 0.119 e. The number of hydrogen-bond donors (Lipinski definition) is 0. The first kappa shape index (κ1) is 15.4. The SMILES string of the molecule is CCCn1cc(C2CCN(C)CC2)c2cc(OC)cc(C)c21. The molecule has 120 valence electrons. The Morgan fingerprint density at radius 3 is 2.59 bits per heavy atom. The Bertz CT molecular complexity index is 651. The molecule has 0 unspecified atom stereocenters. The van der Waals surface area contributed by atoms with Crippen molar-refractivity contribution in [1.29, 1.82) is 0 Å². The molecule has 1 aliphatic heterocycles. The van der Waals surface area contributed by atoms with Crippen LogP contribution in [-0.2, 0) is 6.54 Å². The maximum atomic E-state index is 5.51. The molecule has 0 aliphatic carbocycles. The molecule has 0 radical (unpaired) electrons. The lowest BCUT2D eigenvalue weighted by Gasteiger charge is -2.28. The minimum absolute atomic E-state index is 0.684. The Labute approximate surface area is 133 Å². The number of likely N-dealkylation sites (tertiary alicyclic amines) is 1. The maximum absolute atomic E-state index is 5.51. The molecule has 0 amide bonds. The van der Waals surface area contributed by atoms with Crippen LogP contribution in [0.15, 0.2) is 18.3 Å². The van der Waals surface area contributed by atoms with E-state index in [0.29, 0.717) is 5.92 Å². The van der Waals surface area contributed by atoms with E-state index < -0.39 is 0 Å². The average Bonchev–Trinajstić information content (AvgIpc) is 2.87. The molecule has 0 spiro atoms. The first-order valence-electron chi connectivity index (χ1n) is 8.50. The second kappa shape index (κ2) is 6.33. The molecule has 3 nitrogen and oxygen atoms in total. The fourth-order valence-corrected chi connectivity index (χ4v) is 3.83. The maximum Gasteiger partial charge on any atom is 0.119 e. The Kier molecular flexibility index (Phi) is 4.44. The molecule has 22 heavy (non-hydrogen) atoms. The third-order valence-electron chi connectivity index (χ3n) is 5.03. The lowest BCUT2D eigenvalue weighted by atomic mass is 9.89. The van der Waals surface area contributed by atoms with E-state index in [4.69, 9.17) is 4.74 Å². The highest BCUT2D eigenvalue weighted by molar-refractivity contribution is 5.88. The van der Waals surface area contributed by atoms with Crippen molar-refractivity contribution in [3.63, 3.8) is 0 Å². The van der Waals surface area contributed by atoms with Crippen LogP contribution in [0.5, 0.6) is 5.75 Å². The summed E-state index contributed by atoms with van der Waals surface area (Å²) in [6, 6.07) is 4.40. The van der Waals surface area contributed by atoms with Crippen molar-refractivity contribution >= 4 is 10.9 Å². The number of hydrogen-bond acceptors (Lipinski definition) is 2. The van der Waals surface area contributed by atoms with E-state index in [1.807, 2.05) is 0 Å². The normalized spacial score (nSPS) is 17.3. The molecule has 0 N–H and O–H groups in total. The topological polar surface area (TPSA) is 17.4 Å². The Hall–Kier alpha value is -1.48. The van der Waals surface area contributed by atoms with Crippen LogP contribution in [0.2, 0.25) is 0 Å². The van der Waals surface area contributed by atoms with Gasteiger partial charge < -0.3 is 14.2 Å². The Morgan fingerprint density at radius 2 is 1.95 bits per heavy atom. The summed E-state index contributed by atoms with van der Waals surface area (Å²) >= 11 is 0. The molecular weight excluding hydrogens is 272 g/mol. The number of fused-ring (bicyclic) bond motifs is 1. The average molecular weight is 300 g/mol. The van der Waals surface area contributed by atoms with Gasteiger partial charge in [0.05, 0.1) is 12.6 Å². The van der Waals surface area contributed by atoms with E-state index >= 15 is 0 Å². The molecule has 3 rings (SSSR count). The van der Waals surface area contributed by atoms with Crippen LogP contribution in [0.4, 0.5) is 0 Å². The third-order valence-corrected chi connectivity index (χ3v) is 5.03. The summed E-state index contributed by atoms with van der Waals surface area (Å²) in [6.07, 6.45) is 6.11. The largest absolute Gasteiger partial charge is 0.497 e. The van der Waals surface area contributed by atoms with Crippen LogP contribution in [0.1, 0.15) is 43.2 Å². The lowest BCUT2D eigenvalue weighted by Crippen LogP contribution is -2.29. The zero-order chi connectivity index (χ0) is 15.7. The summed E-state index contributed by atoms with van der Waals surface area (Å²) < 4.78 is 7.97. The van der Waals surface area contributed by atoms with Crippen LogP contribution in [0.25, 0.3) is 10.9 Å². The molecule has 1 saturated heterocycles. The van der Waals surface area contributed by atoms with Gasteiger partial charge in [-0.05, 0) is 75.5 Å². The van der Waals surface area contributed by atoms with Crippen molar-refractivity contribution in [3.8, 4) is 5.75 Å². The number of piperidine rings is 1. The van der Waals surface area contributed by atoms with Gasteiger partial charge in [-0.3, -0.25) is 0 Å². The Balaban J connectivity index is 2.10. The molecule has 0 atom stereocenters. The second-order valence-corrected chi connectivity index (χ2v) is 6.70. The summed E-state index contributed by atoms with van der Waals surface area (Å²) in [4.78, 5) is 2.44. The van der Waals surface area contributed by atoms with Crippen LogP contribution in [-0.4, -0.2) is 36.7 Å². The van der Waals surface area contributed by atoms with Gasteiger partial charge in [-0.2, -0.15) is 0 Å². The number of ether oxygens (including phenoxy) is 1. The minimum atomic E-state index is 0.684. The van der Waals surface area contributed by atoms with Gasteiger partial charge in [0.25, 0.3) is 0 Å². The van der Waals surface area contributed by atoms with Gasteiger partial charge in [-0.25, -0.2) is 0 Å². The van der Waals surface area contributed by atoms with Gasteiger partial charge >= 0.3 is 0 Å². The molecule has 0 bridgehead atoms. The fraction of sp³-hybridized carbons (Fsp3) is 0.579. The predicted octanol–water partition coefficient (Wildman–Crippen LogP) is 4.18. The van der Waals surface area contributed by atoms with Gasteiger partial charge in [0.2, 0.25) is 0 Å². The number of aromatic nitrogens is 1. The summed E-state index contributed by atoms with van der Waals surface area (Å²) in [7, 11) is 3.99. The van der Waals surface area contributed by atoms with Crippen LogP contribution < -0.4 is 4.74 Å². The zero-order valence-corrected chi connectivity index (χ0v) is 14.4. The molecular formula is C19H28N2O. The van der Waals surface area contributed by atoms with Crippen molar-refractivity contribution in [2.75, 3.05) is 27.2 Å². The van der Waals surface area contributed by atoms with Crippen molar-refractivity contribution in [1.82, 2.24) is 9.47 Å². The van der Waals surface area contributed by atoms with Crippen molar-refractivity contribution in [3.05, 3.63) is 29.5 Å². The quantitative estimate of drug-likeness (QED) is 0.843. The van der Waals surface area contributed by atoms with Gasteiger partial charge in [0.1, 0.15) is 5.75 Å². The van der Waals surface area contributed by atoms with Gasteiger partial charge in [-0.1, -0.05) is 6.92 Å². The van der Waals surface area contributed by atoms with E-state index in [-0.39, 0.29) is 0 Å². The molecule has 2 aromatic rings. The van der Waals surface area contributed by atoms with E-state index in [1.165, 1.54) is 54.4 Å². The number of nitrogens with zero attached hydrogens (tertiary/aromatic N) is 2. The molecule has 1 fully saturated rings. The molecule has 1 aromatic carbocycles. The van der Waals surface area contributed by atoms with Gasteiger partial charge in [0, 0.05) is 18.1 Å². The first-order chi connectivity index (χ1) is 10.6. The highest BCUT2D eigenvalue weighted by atomic mass is 16.5. The molecule has 1 aliphatic rings. The number of methoxy groups -OCH3 is 1. The van der Waals surface area contributed by atoms with Crippen LogP contribution >= 0.6 is 0 Å². The monoisotopic (exact) mass is 300 g/mol. The summed E-state index contributed by atoms with van der Waals surface area (Å²) in [5.41, 5.74) is 4.25. The van der Waals surface area contributed by atoms with Crippen molar-refractivity contribution in [2.24, 2.45) is 0 Å². The van der Waals surface area contributed by atoms with Gasteiger partial charge in [0.15, 0.2) is 0 Å². The van der Waals surface area contributed by atoms with E-state index in [0.717, 1.165) is 12.3 Å². The molecule has 0 saturated carbocycles. The van der Waals surface area contributed by atoms with E-state index in [1.54, 1.807) is 7.11 Å². The molecule has 2 heterocycles. The summed E-state index contributed by atoms with van der Waals surface area (Å²) in [5, 5.41) is 1.40. The van der Waals surface area contributed by atoms with Crippen molar-refractivity contribution < 1.29 is 4.74 Å². The third kappa shape index (κ3) is 2.74. The Morgan fingerprint density at radius 1 is 1.23 bits per heavy atom. The second-order valence-electron chi connectivity index (χ2n) is 6.70. The van der Waals surface area contributed by atoms with E-state index in [9.17, 15) is 0 Å². The molecule has 1 aromatic heterocycles. The van der Waals surface area contributed by atoms with Crippen molar-refractivity contribution in [2.45, 2.75) is 45.6 Å². The number of benzene rings is 1. The number of aryl methyl sites for hydroxylation is 2. The summed E-state index contributed by atoms with van der Waals surface area (Å²) in [5.74, 6) is 1.66.